The van der Waals surface area contributed by atoms with Crippen molar-refractivity contribution < 1.29 is 19.1 Å². The minimum atomic E-state index is -0.524. The Balaban J connectivity index is 1.41. The second-order valence-corrected chi connectivity index (χ2v) is 8.98. The van der Waals surface area contributed by atoms with Crippen LogP contribution in [0, 0.1) is 0 Å². The molecule has 0 saturated carbocycles. The Morgan fingerprint density at radius 2 is 1.70 bits per heavy atom. The number of hydrogen-bond donors (Lipinski definition) is 2. The van der Waals surface area contributed by atoms with Gasteiger partial charge in [-0.3, -0.25) is 10.1 Å². The molecular weight excluding hydrogens is 490 g/mol. The number of carbonyl (C=O) groups is 2. The molecule has 2 N–H and O–H groups in total. The molecule has 1 fully saturated rings. The predicted molar refractivity (Wildman–Crippen MR) is 144 cm³/mol. The van der Waals surface area contributed by atoms with Crippen molar-refractivity contribution >= 4 is 39.9 Å². The second kappa shape index (κ2) is 11.2. The van der Waals surface area contributed by atoms with Gasteiger partial charge in [0, 0.05) is 41.4 Å². The Morgan fingerprint density at radius 1 is 0.946 bits per heavy atom. The van der Waals surface area contributed by atoms with Crippen molar-refractivity contribution in [3.63, 3.8) is 0 Å². The number of methoxy groups -OCH3 is 1. The third-order valence-corrected chi connectivity index (χ3v) is 6.53. The lowest BCUT2D eigenvalue weighted by molar-refractivity contribution is 0.103. The molecule has 1 aliphatic rings. The molecule has 0 bridgehead atoms. The second-order valence-electron chi connectivity index (χ2n) is 8.23. The lowest BCUT2D eigenvalue weighted by Crippen LogP contribution is -2.36. The summed E-state index contributed by atoms with van der Waals surface area (Å²) in [6.45, 7) is 2.67. The van der Waals surface area contributed by atoms with Crippen LogP contribution in [0.25, 0.3) is 11.4 Å². The number of ether oxygens (including phenoxy) is 2. The molecule has 1 aromatic heterocycles. The maximum absolute atomic E-state index is 13.7. The van der Waals surface area contributed by atoms with Gasteiger partial charge in [-0.25, -0.2) is 4.79 Å². The summed E-state index contributed by atoms with van der Waals surface area (Å²) in [6, 6.07) is 21.4. The van der Waals surface area contributed by atoms with Crippen LogP contribution in [0.1, 0.15) is 15.9 Å². The van der Waals surface area contributed by atoms with Crippen molar-refractivity contribution in [3.8, 4) is 17.1 Å². The maximum atomic E-state index is 13.7. The Morgan fingerprint density at radius 3 is 2.49 bits per heavy atom. The van der Waals surface area contributed by atoms with Gasteiger partial charge in [0.2, 0.25) is 5.13 Å². The van der Waals surface area contributed by atoms with Crippen LogP contribution in [0.2, 0.25) is 0 Å². The van der Waals surface area contributed by atoms with Crippen LogP contribution in [0.3, 0.4) is 0 Å². The molecule has 2 heterocycles. The summed E-state index contributed by atoms with van der Waals surface area (Å²) in [5.74, 6) is 0.731. The molecule has 0 atom stereocenters. The molecule has 37 heavy (non-hydrogen) atoms. The lowest BCUT2D eigenvalue weighted by atomic mass is 9.99. The monoisotopic (exact) mass is 515 g/mol. The van der Waals surface area contributed by atoms with E-state index in [0.29, 0.717) is 46.7 Å². The number of ketones is 1. The Bertz CT molecular complexity index is 1400. The molecule has 4 aromatic rings. The first-order valence-electron chi connectivity index (χ1n) is 11.7. The molecule has 1 saturated heterocycles. The van der Waals surface area contributed by atoms with Gasteiger partial charge in [0.25, 0.3) is 0 Å². The van der Waals surface area contributed by atoms with Crippen LogP contribution >= 0.6 is 11.5 Å². The van der Waals surface area contributed by atoms with Crippen LogP contribution in [-0.4, -0.2) is 54.6 Å². The highest BCUT2D eigenvalue weighted by Crippen LogP contribution is 2.30. The van der Waals surface area contributed by atoms with Gasteiger partial charge in [0.15, 0.2) is 11.6 Å². The van der Waals surface area contributed by atoms with Crippen LogP contribution in [0.15, 0.2) is 72.8 Å². The van der Waals surface area contributed by atoms with Gasteiger partial charge >= 0.3 is 6.03 Å². The number of amides is 2. The van der Waals surface area contributed by atoms with Crippen LogP contribution < -0.4 is 20.3 Å². The molecule has 0 unspecified atom stereocenters. The fraction of sp³-hybridized carbons (Fsp3) is 0.185. The van der Waals surface area contributed by atoms with E-state index in [1.54, 1.807) is 36.4 Å². The quantitative estimate of drug-likeness (QED) is 0.336. The molecule has 0 aliphatic carbocycles. The largest absolute Gasteiger partial charge is 0.496 e. The Hall–Kier alpha value is -4.28. The summed E-state index contributed by atoms with van der Waals surface area (Å²) in [7, 11) is 1.52. The van der Waals surface area contributed by atoms with E-state index in [4.69, 9.17) is 9.47 Å². The lowest BCUT2D eigenvalue weighted by Gasteiger charge is -2.29. The number of morpholine rings is 1. The highest BCUT2D eigenvalue weighted by molar-refractivity contribution is 7.10. The standard InChI is InChI=1S/C27H25N5O4S/c1-35-23-10-6-5-9-20(23)24(33)21-17-19(32-13-15-36-16-14-32)11-12-22(21)28-26(34)30-27-29-25(31-37-27)18-7-3-2-4-8-18/h2-12,17H,13-16H2,1H3,(H2,28,29,30,31,34). The first-order valence-corrected chi connectivity index (χ1v) is 12.5. The minimum absolute atomic E-state index is 0.259. The van der Waals surface area contributed by atoms with Crippen molar-refractivity contribution in [2.75, 3.05) is 48.9 Å². The number of nitrogens with zero attached hydrogens (tertiary/aromatic N) is 3. The highest BCUT2D eigenvalue weighted by Gasteiger charge is 2.22. The van der Waals surface area contributed by atoms with E-state index < -0.39 is 6.03 Å². The molecular formula is C27H25N5O4S. The topological polar surface area (TPSA) is 106 Å². The number of nitrogens with one attached hydrogen (secondary N) is 2. The third-order valence-electron chi connectivity index (χ3n) is 5.90. The van der Waals surface area contributed by atoms with Crippen molar-refractivity contribution in [1.29, 1.82) is 0 Å². The average molecular weight is 516 g/mol. The van der Waals surface area contributed by atoms with Gasteiger partial charge in [-0.2, -0.15) is 9.36 Å². The van der Waals surface area contributed by atoms with Crippen molar-refractivity contribution in [1.82, 2.24) is 9.36 Å². The van der Waals surface area contributed by atoms with Gasteiger partial charge < -0.3 is 19.7 Å². The summed E-state index contributed by atoms with van der Waals surface area (Å²) in [5.41, 5.74) is 2.87. The summed E-state index contributed by atoms with van der Waals surface area (Å²) >= 11 is 1.08. The maximum Gasteiger partial charge on any atom is 0.325 e. The molecule has 10 heteroatoms. The number of urea groups is 1. The summed E-state index contributed by atoms with van der Waals surface area (Å²) in [4.78, 5) is 33.1. The van der Waals surface area contributed by atoms with Gasteiger partial charge in [0.05, 0.1) is 31.6 Å². The predicted octanol–water partition coefficient (Wildman–Crippen LogP) is 4.93. The van der Waals surface area contributed by atoms with E-state index in [1.807, 2.05) is 36.4 Å². The molecule has 5 rings (SSSR count). The number of benzene rings is 3. The normalized spacial score (nSPS) is 13.2. The van der Waals surface area contributed by atoms with Crippen LogP contribution in [0.5, 0.6) is 5.75 Å². The van der Waals surface area contributed by atoms with Crippen LogP contribution in [0.4, 0.5) is 21.3 Å². The molecule has 9 nitrogen and oxygen atoms in total. The van der Waals surface area contributed by atoms with E-state index in [1.165, 1.54) is 7.11 Å². The fourth-order valence-corrected chi connectivity index (χ4v) is 4.64. The van der Waals surface area contributed by atoms with E-state index in [0.717, 1.165) is 35.9 Å². The fourth-order valence-electron chi connectivity index (χ4n) is 4.05. The third kappa shape index (κ3) is 5.60. The first kappa shape index (κ1) is 24.4. The molecule has 1 aliphatic heterocycles. The molecule has 0 spiro atoms. The zero-order valence-electron chi connectivity index (χ0n) is 20.1. The van der Waals surface area contributed by atoms with Crippen LogP contribution in [-0.2, 0) is 4.74 Å². The zero-order valence-corrected chi connectivity index (χ0v) is 21.0. The number of anilines is 3. The Kier molecular flexibility index (Phi) is 7.38. The molecule has 188 valence electrons. The summed E-state index contributed by atoms with van der Waals surface area (Å²) in [6.07, 6.45) is 0. The van der Waals surface area contributed by atoms with E-state index in [9.17, 15) is 9.59 Å². The summed E-state index contributed by atoms with van der Waals surface area (Å²) in [5, 5.41) is 5.88. The highest BCUT2D eigenvalue weighted by atomic mass is 32.1. The van der Waals surface area contributed by atoms with E-state index >= 15 is 0 Å². The number of carbonyl (C=O) groups excluding carboxylic acids is 2. The van der Waals surface area contributed by atoms with E-state index in [2.05, 4.69) is 24.9 Å². The number of hydrogen-bond acceptors (Lipinski definition) is 8. The first-order chi connectivity index (χ1) is 18.1. The van der Waals surface area contributed by atoms with Gasteiger partial charge in [-0.05, 0) is 30.3 Å². The Labute approximate surface area is 218 Å². The zero-order chi connectivity index (χ0) is 25.6. The van der Waals surface area contributed by atoms with Gasteiger partial charge in [0.1, 0.15) is 5.75 Å². The van der Waals surface area contributed by atoms with Crippen molar-refractivity contribution in [2.24, 2.45) is 0 Å². The minimum Gasteiger partial charge on any atom is -0.496 e. The smallest absolute Gasteiger partial charge is 0.325 e. The molecule has 3 aromatic carbocycles. The average Bonchev–Trinajstić information content (AvgIpc) is 3.42. The number of rotatable bonds is 7. The molecule has 2 amide bonds. The number of aromatic nitrogens is 2. The number of para-hydroxylation sites is 1. The van der Waals surface area contributed by atoms with Gasteiger partial charge in [-0.15, -0.1) is 0 Å². The molecule has 0 radical (unpaired) electrons. The van der Waals surface area contributed by atoms with Crippen molar-refractivity contribution in [3.05, 3.63) is 83.9 Å². The van der Waals surface area contributed by atoms with Gasteiger partial charge in [-0.1, -0.05) is 42.5 Å². The SMILES string of the molecule is COc1ccccc1C(=O)c1cc(N2CCOCC2)ccc1NC(=O)Nc1nc(-c2ccccc2)ns1. The van der Waals surface area contributed by atoms with Crippen molar-refractivity contribution in [2.45, 2.75) is 0 Å². The summed E-state index contributed by atoms with van der Waals surface area (Å²) < 4.78 is 15.2. The van der Waals surface area contributed by atoms with E-state index in [-0.39, 0.29) is 5.78 Å².